The van der Waals surface area contributed by atoms with Crippen molar-refractivity contribution in [1.82, 2.24) is 0 Å². The predicted molar refractivity (Wildman–Crippen MR) is 60.7 cm³/mol. The fourth-order valence-corrected chi connectivity index (χ4v) is 3.09. The molecule has 0 N–H and O–H groups in total. The van der Waals surface area contributed by atoms with Gasteiger partial charge in [-0.25, -0.2) is 0 Å². The molecule has 1 aliphatic heterocycles. The first-order valence-electron chi connectivity index (χ1n) is 6.56. The summed E-state index contributed by atoms with van der Waals surface area (Å²) in [5, 5.41) is 0. The van der Waals surface area contributed by atoms with Crippen LogP contribution in [0.3, 0.4) is 0 Å². The van der Waals surface area contributed by atoms with E-state index in [1.165, 1.54) is 51.4 Å². The first-order valence-corrected chi connectivity index (χ1v) is 6.56. The monoisotopic (exact) mass is 212 g/mol. The number of methoxy groups -OCH3 is 1. The molecule has 0 unspecified atom stereocenters. The Labute approximate surface area is 93.3 Å². The highest BCUT2D eigenvalue weighted by atomic mass is 16.7. The van der Waals surface area contributed by atoms with Gasteiger partial charge < -0.3 is 9.47 Å². The number of rotatable bonds is 1. The van der Waals surface area contributed by atoms with Crippen LogP contribution in [0, 0.1) is 11.8 Å². The molecule has 1 saturated carbocycles. The lowest BCUT2D eigenvalue weighted by Gasteiger charge is -2.22. The molecule has 2 nitrogen and oxygen atoms in total. The summed E-state index contributed by atoms with van der Waals surface area (Å²) >= 11 is 0. The molecule has 2 aliphatic rings. The molecule has 88 valence electrons. The van der Waals surface area contributed by atoms with Crippen LogP contribution < -0.4 is 0 Å². The molecule has 15 heavy (non-hydrogen) atoms. The second-order valence-corrected chi connectivity index (χ2v) is 5.06. The maximum Gasteiger partial charge on any atom is 0.160 e. The van der Waals surface area contributed by atoms with E-state index < -0.39 is 0 Å². The van der Waals surface area contributed by atoms with Crippen molar-refractivity contribution in [3.63, 3.8) is 0 Å². The van der Waals surface area contributed by atoms with Crippen LogP contribution >= 0.6 is 0 Å². The van der Waals surface area contributed by atoms with Gasteiger partial charge in [0.25, 0.3) is 0 Å². The van der Waals surface area contributed by atoms with Gasteiger partial charge in [-0.2, -0.15) is 0 Å². The first kappa shape index (κ1) is 11.4. The van der Waals surface area contributed by atoms with E-state index in [0.29, 0.717) is 5.92 Å². The fourth-order valence-electron chi connectivity index (χ4n) is 3.09. The number of hydrogen-bond acceptors (Lipinski definition) is 2. The summed E-state index contributed by atoms with van der Waals surface area (Å²) in [5.41, 5.74) is 0. The average Bonchev–Trinajstić information content (AvgIpc) is 2.66. The van der Waals surface area contributed by atoms with Gasteiger partial charge in [-0.3, -0.25) is 0 Å². The molecule has 0 radical (unpaired) electrons. The van der Waals surface area contributed by atoms with Crippen LogP contribution in [-0.4, -0.2) is 20.0 Å². The lowest BCUT2D eigenvalue weighted by molar-refractivity contribution is -0.111. The molecular weight excluding hydrogens is 188 g/mol. The van der Waals surface area contributed by atoms with E-state index in [9.17, 15) is 0 Å². The standard InChI is InChI=1S/C13H24O2/c1-14-13-12-9-7-5-3-2-4-6-8-11(12)10-15-13/h11-13H,2-10H2,1H3/t11-,12-,13+/m0/s1. The van der Waals surface area contributed by atoms with Crippen molar-refractivity contribution >= 4 is 0 Å². The molecule has 2 fully saturated rings. The molecule has 0 aromatic carbocycles. The average molecular weight is 212 g/mol. The summed E-state index contributed by atoms with van der Waals surface area (Å²) in [6.07, 6.45) is 11.2. The molecule has 1 saturated heterocycles. The number of fused-ring (bicyclic) bond motifs is 1. The zero-order valence-electron chi connectivity index (χ0n) is 9.91. The quantitative estimate of drug-likeness (QED) is 0.663. The van der Waals surface area contributed by atoms with Crippen molar-refractivity contribution in [3.8, 4) is 0 Å². The highest BCUT2D eigenvalue weighted by molar-refractivity contribution is 4.79. The van der Waals surface area contributed by atoms with Gasteiger partial charge in [0.05, 0.1) is 6.61 Å². The highest BCUT2D eigenvalue weighted by Gasteiger charge is 2.36. The summed E-state index contributed by atoms with van der Waals surface area (Å²) in [4.78, 5) is 0. The van der Waals surface area contributed by atoms with Crippen molar-refractivity contribution in [2.75, 3.05) is 13.7 Å². The Kier molecular flexibility index (Phi) is 4.45. The number of ether oxygens (including phenoxy) is 2. The Balaban J connectivity index is 1.90. The Morgan fingerprint density at radius 1 is 0.933 bits per heavy atom. The lowest BCUT2D eigenvalue weighted by atomic mass is 9.84. The molecular formula is C13H24O2. The summed E-state index contributed by atoms with van der Waals surface area (Å²) in [6, 6.07) is 0. The van der Waals surface area contributed by atoms with E-state index in [4.69, 9.17) is 9.47 Å². The van der Waals surface area contributed by atoms with Crippen molar-refractivity contribution in [1.29, 1.82) is 0 Å². The van der Waals surface area contributed by atoms with Gasteiger partial charge in [-0.15, -0.1) is 0 Å². The van der Waals surface area contributed by atoms with Gasteiger partial charge in [-0.05, 0) is 18.8 Å². The Morgan fingerprint density at radius 3 is 2.33 bits per heavy atom. The summed E-state index contributed by atoms with van der Waals surface area (Å²) in [5.74, 6) is 1.45. The van der Waals surface area contributed by atoms with Gasteiger partial charge >= 0.3 is 0 Å². The van der Waals surface area contributed by atoms with Gasteiger partial charge in [0, 0.05) is 13.0 Å². The van der Waals surface area contributed by atoms with E-state index in [1.54, 1.807) is 7.11 Å². The lowest BCUT2D eigenvalue weighted by Crippen LogP contribution is -2.22. The third kappa shape index (κ3) is 2.94. The molecule has 0 aromatic rings. The van der Waals surface area contributed by atoms with E-state index in [-0.39, 0.29) is 6.29 Å². The molecule has 3 atom stereocenters. The summed E-state index contributed by atoms with van der Waals surface area (Å²) < 4.78 is 11.1. The maximum absolute atomic E-state index is 5.72. The van der Waals surface area contributed by atoms with E-state index in [2.05, 4.69) is 0 Å². The van der Waals surface area contributed by atoms with Crippen LogP contribution in [-0.2, 0) is 9.47 Å². The predicted octanol–water partition coefficient (Wildman–Crippen LogP) is 3.36. The maximum atomic E-state index is 5.72. The second-order valence-electron chi connectivity index (χ2n) is 5.06. The van der Waals surface area contributed by atoms with Crippen molar-refractivity contribution in [3.05, 3.63) is 0 Å². The van der Waals surface area contributed by atoms with Gasteiger partial charge in [-0.1, -0.05) is 38.5 Å². The molecule has 0 amide bonds. The van der Waals surface area contributed by atoms with Crippen LogP contribution in [0.25, 0.3) is 0 Å². The molecule has 2 rings (SSSR count). The van der Waals surface area contributed by atoms with Crippen molar-refractivity contribution in [2.45, 2.75) is 57.7 Å². The van der Waals surface area contributed by atoms with E-state index in [0.717, 1.165) is 12.5 Å². The van der Waals surface area contributed by atoms with Gasteiger partial charge in [0.1, 0.15) is 0 Å². The Bertz CT molecular complexity index is 181. The Morgan fingerprint density at radius 2 is 1.60 bits per heavy atom. The third-order valence-corrected chi connectivity index (χ3v) is 4.02. The molecule has 0 spiro atoms. The van der Waals surface area contributed by atoms with Crippen LogP contribution in [0.1, 0.15) is 51.4 Å². The zero-order valence-corrected chi connectivity index (χ0v) is 9.91. The van der Waals surface area contributed by atoms with Crippen molar-refractivity contribution in [2.24, 2.45) is 11.8 Å². The molecule has 0 aromatic heterocycles. The normalized spacial score (nSPS) is 38.6. The number of hydrogen-bond donors (Lipinski definition) is 0. The summed E-state index contributed by atoms with van der Waals surface area (Å²) in [6.45, 7) is 0.934. The topological polar surface area (TPSA) is 18.5 Å². The Hall–Kier alpha value is -0.0800. The molecule has 0 bridgehead atoms. The summed E-state index contributed by atoms with van der Waals surface area (Å²) in [7, 11) is 1.78. The largest absolute Gasteiger partial charge is 0.356 e. The minimum Gasteiger partial charge on any atom is -0.356 e. The molecule has 2 heteroatoms. The SMILES string of the molecule is CO[C@@H]1OC[C@@H]2CCCCCCCC[C@@H]21. The van der Waals surface area contributed by atoms with Crippen LogP contribution in [0.4, 0.5) is 0 Å². The van der Waals surface area contributed by atoms with E-state index >= 15 is 0 Å². The molecule has 1 aliphatic carbocycles. The molecule has 1 heterocycles. The minimum atomic E-state index is 0.0921. The van der Waals surface area contributed by atoms with E-state index in [1.807, 2.05) is 0 Å². The smallest absolute Gasteiger partial charge is 0.160 e. The van der Waals surface area contributed by atoms with Crippen LogP contribution in [0.2, 0.25) is 0 Å². The third-order valence-electron chi connectivity index (χ3n) is 4.02. The first-order chi connectivity index (χ1) is 7.42. The van der Waals surface area contributed by atoms with Gasteiger partial charge in [0.2, 0.25) is 0 Å². The van der Waals surface area contributed by atoms with Gasteiger partial charge in [0.15, 0.2) is 6.29 Å². The highest BCUT2D eigenvalue weighted by Crippen LogP contribution is 2.36. The van der Waals surface area contributed by atoms with Crippen LogP contribution in [0.15, 0.2) is 0 Å². The second kappa shape index (κ2) is 5.86. The van der Waals surface area contributed by atoms with Crippen molar-refractivity contribution < 1.29 is 9.47 Å². The zero-order chi connectivity index (χ0) is 10.5. The van der Waals surface area contributed by atoms with Crippen LogP contribution in [0.5, 0.6) is 0 Å². The fraction of sp³-hybridized carbons (Fsp3) is 1.00. The minimum absolute atomic E-state index is 0.0921.